The molecule has 1 aliphatic rings. The number of thioether (sulfide) groups is 1. The van der Waals surface area contributed by atoms with Gasteiger partial charge in [0.05, 0.1) is 18.5 Å². The first-order chi connectivity index (χ1) is 11.9. The quantitative estimate of drug-likeness (QED) is 0.828. The van der Waals surface area contributed by atoms with E-state index in [1.54, 1.807) is 42.1 Å². The van der Waals surface area contributed by atoms with Gasteiger partial charge in [0, 0.05) is 10.6 Å². The fraction of sp³-hybridized carbons (Fsp3) is 0.235. The largest absolute Gasteiger partial charge is 0.476 e. The average Bonchev–Trinajstić information content (AvgIpc) is 2.60. The number of nitrogens with zero attached hydrogens (tertiary/aromatic N) is 1. The van der Waals surface area contributed by atoms with E-state index in [0.29, 0.717) is 17.1 Å². The molecule has 6 nitrogen and oxygen atoms in total. The van der Waals surface area contributed by atoms with Gasteiger partial charge in [0.25, 0.3) is 5.91 Å². The van der Waals surface area contributed by atoms with Crippen LogP contribution in [0.4, 0.5) is 11.4 Å². The number of nitrogens with one attached hydrogen (secondary N) is 1. The third-order valence-electron chi connectivity index (χ3n) is 3.76. The van der Waals surface area contributed by atoms with Crippen LogP contribution < -0.4 is 14.4 Å². The molecule has 1 heterocycles. The molecule has 25 heavy (non-hydrogen) atoms. The summed E-state index contributed by atoms with van der Waals surface area (Å²) in [6.07, 6.45) is 2.14. The Morgan fingerprint density at radius 2 is 2.00 bits per heavy atom. The molecule has 3 rings (SSSR count). The van der Waals surface area contributed by atoms with E-state index in [0.717, 1.165) is 11.2 Å². The first kappa shape index (κ1) is 17.6. The van der Waals surface area contributed by atoms with Gasteiger partial charge in [0.1, 0.15) is 5.75 Å². The molecule has 0 aliphatic carbocycles. The highest BCUT2D eigenvalue weighted by molar-refractivity contribution is 7.98. The minimum Gasteiger partial charge on any atom is -0.476 e. The SMILES string of the molecule is CSc1cccc(NC(=O)[C@H]2CN(S(C)(=O)=O)c3ccccc3O2)c1. The lowest BCUT2D eigenvalue weighted by molar-refractivity contribution is -0.122. The van der Waals surface area contributed by atoms with Crippen molar-refractivity contribution in [1.29, 1.82) is 0 Å². The molecule has 0 spiro atoms. The van der Waals surface area contributed by atoms with Crippen LogP contribution in [-0.4, -0.2) is 39.5 Å². The second kappa shape index (κ2) is 6.97. The normalized spacial score (nSPS) is 16.7. The summed E-state index contributed by atoms with van der Waals surface area (Å²) in [6.45, 7) is -0.0656. The zero-order valence-electron chi connectivity index (χ0n) is 13.8. The summed E-state index contributed by atoms with van der Waals surface area (Å²) in [5.41, 5.74) is 1.09. The highest BCUT2D eigenvalue weighted by Crippen LogP contribution is 2.34. The Bertz CT molecular complexity index is 899. The van der Waals surface area contributed by atoms with Crippen LogP contribution in [0, 0.1) is 0 Å². The van der Waals surface area contributed by atoms with Crippen molar-refractivity contribution in [3.05, 3.63) is 48.5 Å². The summed E-state index contributed by atoms with van der Waals surface area (Å²) in [7, 11) is -3.52. The van der Waals surface area contributed by atoms with E-state index in [2.05, 4.69) is 5.32 Å². The fourth-order valence-corrected chi connectivity index (χ4v) is 3.95. The van der Waals surface area contributed by atoms with Gasteiger partial charge < -0.3 is 10.1 Å². The summed E-state index contributed by atoms with van der Waals surface area (Å²) >= 11 is 1.57. The smallest absolute Gasteiger partial charge is 0.267 e. The average molecular weight is 378 g/mol. The number of carbonyl (C=O) groups is 1. The maximum atomic E-state index is 12.6. The van der Waals surface area contributed by atoms with E-state index in [9.17, 15) is 13.2 Å². The number of hydrogen-bond donors (Lipinski definition) is 1. The van der Waals surface area contributed by atoms with Gasteiger partial charge in [-0.15, -0.1) is 11.8 Å². The third-order valence-corrected chi connectivity index (χ3v) is 5.64. The Labute approximate surface area is 151 Å². The standard InChI is InChI=1S/C17H18N2O4S2/c1-24-13-7-5-6-12(10-13)18-17(20)16-11-19(25(2,21)22)14-8-3-4-9-15(14)23-16/h3-10,16H,11H2,1-2H3,(H,18,20)/t16-/m1/s1. The van der Waals surface area contributed by atoms with Crippen molar-refractivity contribution in [3.63, 3.8) is 0 Å². The molecule has 0 bridgehead atoms. The van der Waals surface area contributed by atoms with Gasteiger partial charge in [-0.25, -0.2) is 8.42 Å². The van der Waals surface area contributed by atoms with Gasteiger partial charge in [-0.1, -0.05) is 18.2 Å². The Morgan fingerprint density at radius 3 is 2.72 bits per heavy atom. The summed E-state index contributed by atoms with van der Waals surface area (Å²) in [5.74, 6) is -0.0152. The fourth-order valence-electron chi connectivity index (χ4n) is 2.58. The van der Waals surface area contributed by atoms with Gasteiger partial charge >= 0.3 is 0 Å². The van der Waals surface area contributed by atoms with Gasteiger partial charge in [0.15, 0.2) is 6.10 Å². The zero-order valence-corrected chi connectivity index (χ0v) is 15.4. The number of benzene rings is 2. The highest BCUT2D eigenvalue weighted by Gasteiger charge is 2.34. The second-order valence-electron chi connectivity index (χ2n) is 5.59. The van der Waals surface area contributed by atoms with Crippen LogP contribution in [0.3, 0.4) is 0 Å². The van der Waals surface area contributed by atoms with Crippen LogP contribution in [0.1, 0.15) is 0 Å². The molecule has 2 aromatic rings. The van der Waals surface area contributed by atoms with Gasteiger partial charge in [0.2, 0.25) is 10.0 Å². The molecule has 8 heteroatoms. The molecular weight excluding hydrogens is 360 g/mol. The predicted octanol–water partition coefficient (Wildman–Crippen LogP) is 2.57. The summed E-state index contributed by atoms with van der Waals surface area (Å²) in [5, 5.41) is 2.79. The minimum absolute atomic E-state index is 0.0656. The number of amides is 1. The van der Waals surface area contributed by atoms with Crippen molar-refractivity contribution in [3.8, 4) is 5.75 Å². The number of para-hydroxylation sites is 2. The number of carbonyl (C=O) groups excluding carboxylic acids is 1. The van der Waals surface area contributed by atoms with Crippen LogP contribution in [0.2, 0.25) is 0 Å². The van der Waals surface area contributed by atoms with E-state index in [-0.39, 0.29) is 12.5 Å². The summed E-state index contributed by atoms with van der Waals surface area (Å²) in [4.78, 5) is 13.6. The molecular formula is C17H18N2O4S2. The van der Waals surface area contributed by atoms with Gasteiger partial charge in [-0.2, -0.15) is 0 Å². The number of fused-ring (bicyclic) bond motifs is 1. The first-order valence-corrected chi connectivity index (χ1v) is 10.6. The van der Waals surface area contributed by atoms with Gasteiger partial charge in [-0.3, -0.25) is 9.10 Å². The molecule has 0 unspecified atom stereocenters. The Hall–Kier alpha value is -2.19. The van der Waals surface area contributed by atoms with Crippen LogP contribution in [0.15, 0.2) is 53.4 Å². The van der Waals surface area contributed by atoms with Gasteiger partial charge in [-0.05, 0) is 36.6 Å². The van der Waals surface area contributed by atoms with Crippen LogP contribution >= 0.6 is 11.8 Å². The van der Waals surface area contributed by atoms with E-state index in [1.807, 2.05) is 24.5 Å². The third kappa shape index (κ3) is 3.91. The number of rotatable bonds is 4. The molecule has 1 N–H and O–H groups in total. The maximum Gasteiger partial charge on any atom is 0.267 e. The lowest BCUT2D eigenvalue weighted by atomic mass is 10.2. The number of hydrogen-bond acceptors (Lipinski definition) is 5. The van der Waals surface area contributed by atoms with E-state index in [4.69, 9.17) is 4.74 Å². The summed E-state index contributed by atoms with van der Waals surface area (Å²) in [6, 6.07) is 14.2. The van der Waals surface area contributed by atoms with Crippen molar-refractivity contribution in [1.82, 2.24) is 0 Å². The molecule has 0 radical (unpaired) electrons. The predicted molar refractivity (Wildman–Crippen MR) is 99.9 cm³/mol. The molecule has 1 amide bonds. The van der Waals surface area contributed by atoms with Crippen molar-refractivity contribution < 1.29 is 17.9 Å². The van der Waals surface area contributed by atoms with E-state index >= 15 is 0 Å². The van der Waals surface area contributed by atoms with Crippen LogP contribution in [0.25, 0.3) is 0 Å². The molecule has 0 fully saturated rings. The number of anilines is 2. The lowest BCUT2D eigenvalue weighted by Crippen LogP contribution is -2.48. The highest BCUT2D eigenvalue weighted by atomic mass is 32.2. The Kier molecular flexibility index (Phi) is 4.91. The van der Waals surface area contributed by atoms with Crippen molar-refractivity contribution in [2.75, 3.05) is 28.7 Å². The molecule has 1 aliphatic heterocycles. The maximum absolute atomic E-state index is 12.6. The molecule has 132 valence electrons. The van der Waals surface area contributed by atoms with E-state index < -0.39 is 16.1 Å². The molecule has 0 saturated heterocycles. The number of ether oxygens (including phenoxy) is 1. The van der Waals surface area contributed by atoms with Crippen LogP contribution in [-0.2, 0) is 14.8 Å². The number of sulfonamides is 1. The second-order valence-corrected chi connectivity index (χ2v) is 8.38. The van der Waals surface area contributed by atoms with Crippen LogP contribution in [0.5, 0.6) is 5.75 Å². The summed E-state index contributed by atoms with van der Waals surface area (Å²) < 4.78 is 31.1. The first-order valence-electron chi connectivity index (χ1n) is 7.57. The monoisotopic (exact) mass is 378 g/mol. The lowest BCUT2D eigenvalue weighted by Gasteiger charge is -2.33. The molecule has 1 atom stereocenters. The van der Waals surface area contributed by atoms with Crippen molar-refractivity contribution in [2.24, 2.45) is 0 Å². The molecule has 2 aromatic carbocycles. The molecule has 0 saturated carbocycles. The Morgan fingerprint density at radius 1 is 1.24 bits per heavy atom. The van der Waals surface area contributed by atoms with Crippen molar-refractivity contribution >= 4 is 39.1 Å². The molecule has 0 aromatic heterocycles. The minimum atomic E-state index is -3.52. The zero-order chi connectivity index (χ0) is 18.0. The van der Waals surface area contributed by atoms with Crippen molar-refractivity contribution in [2.45, 2.75) is 11.0 Å². The topological polar surface area (TPSA) is 75.7 Å². The Balaban J connectivity index is 1.84. The van der Waals surface area contributed by atoms with E-state index in [1.165, 1.54) is 4.31 Å².